The van der Waals surface area contributed by atoms with Crippen LogP contribution in [0.1, 0.15) is 22.8 Å². The number of pyridine rings is 1. The number of aliphatic hydroxyl groups excluding tert-OH is 1. The monoisotopic (exact) mass is 253 g/mol. The molecule has 0 aliphatic heterocycles. The Morgan fingerprint density at radius 1 is 1.00 bits per heavy atom. The SMILES string of the molecule is O[C@@H](c1ccc(C(F)(F)F)cc1)c1cccnc1. The molecule has 2 rings (SSSR count). The third kappa shape index (κ3) is 2.68. The summed E-state index contributed by atoms with van der Waals surface area (Å²) in [5.74, 6) is 0. The van der Waals surface area contributed by atoms with E-state index in [4.69, 9.17) is 0 Å². The van der Waals surface area contributed by atoms with Gasteiger partial charge in [0, 0.05) is 18.0 Å². The zero-order chi connectivity index (χ0) is 13.2. The van der Waals surface area contributed by atoms with Crippen molar-refractivity contribution in [1.29, 1.82) is 0 Å². The van der Waals surface area contributed by atoms with Gasteiger partial charge < -0.3 is 5.11 Å². The smallest absolute Gasteiger partial charge is 0.384 e. The molecule has 1 N–H and O–H groups in total. The van der Waals surface area contributed by atoms with Crippen molar-refractivity contribution >= 4 is 0 Å². The molecule has 0 unspecified atom stereocenters. The second-order valence-corrected chi connectivity index (χ2v) is 3.81. The van der Waals surface area contributed by atoms with E-state index in [1.165, 1.54) is 18.3 Å². The molecule has 0 fully saturated rings. The third-order valence-electron chi connectivity index (χ3n) is 2.55. The summed E-state index contributed by atoms with van der Waals surface area (Å²) >= 11 is 0. The molecule has 0 aliphatic rings. The van der Waals surface area contributed by atoms with E-state index >= 15 is 0 Å². The van der Waals surface area contributed by atoms with Crippen molar-refractivity contribution in [3.8, 4) is 0 Å². The van der Waals surface area contributed by atoms with Crippen LogP contribution in [0.2, 0.25) is 0 Å². The quantitative estimate of drug-likeness (QED) is 0.891. The van der Waals surface area contributed by atoms with Crippen LogP contribution >= 0.6 is 0 Å². The number of benzene rings is 1. The van der Waals surface area contributed by atoms with Crippen molar-refractivity contribution in [2.24, 2.45) is 0 Å². The summed E-state index contributed by atoms with van der Waals surface area (Å²) in [6, 6.07) is 7.75. The van der Waals surface area contributed by atoms with Gasteiger partial charge in [0.25, 0.3) is 0 Å². The van der Waals surface area contributed by atoms with Gasteiger partial charge in [-0.05, 0) is 23.8 Å². The van der Waals surface area contributed by atoms with E-state index < -0.39 is 17.8 Å². The van der Waals surface area contributed by atoms with Crippen molar-refractivity contribution in [3.63, 3.8) is 0 Å². The number of alkyl halides is 3. The van der Waals surface area contributed by atoms with Gasteiger partial charge in [-0.25, -0.2) is 0 Å². The lowest BCUT2D eigenvalue weighted by Crippen LogP contribution is -2.06. The summed E-state index contributed by atoms with van der Waals surface area (Å²) in [5, 5.41) is 9.96. The lowest BCUT2D eigenvalue weighted by Gasteiger charge is -2.12. The number of nitrogens with zero attached hydrogens (tertiary/aromatic N) is 1. The first-order chi connectivity index (χ1) is 8.48. The number of rotatable bonds is 2. The van der Waals surface area contributed by atoms with Crippen LogP contribution in [-0.2, 0) is 6.18 Å². The highest BCUT2D eigenvalue weighted by Gasteiger charge is 2.30. The first-order valence-electron chi connectivity index (χ1n) is 5.23. The van der Waals surface area contributed by atoms with Gasteiger partial charge >= 0.3 is 6.18 Å². The summed E-state index contributed by atoms with van der Waals surface area (Å²) in [5.41, 5.74) is 0.206. The van der Waals surface area contributed by atoms with Crippen LogP contribution in [-0.4, -0.2) is 10.1 Å². The molecule has 18 heavy (non-hydrogen) atoms. The van der Waals surface area contributed by atoms with Gasteiger partial charge in [0.2, 0.25) is 0 Å². The first kappa shape index (κ1) is 12.6. The molecule has 1 aromatic carbocycles. The Hall–Kier alpha value is -1.88. The summed E-state index contributed by atoms with van der Waals surface area (Å²) in [4.78, 5) is 3.85. The standard InChI is InChI=1S/C13H10F3NO/c14-13(15,16)11-5-3-9(4-6-11)12(18)10-2-1-7-17-8-10/h1-8,12,18H/t12-/m0/s1. The summed E-state index contributed by atoms with van der Waals surface area (Å²) < 4.78 is 37.1. The average Bonchev–Trinajstić information content (AvgIpc) is 2.38. The maximum atomic E-state index is 12.4. The number of halogens is 3. The Bertz CT molecular complexity index is 508. The average molecular weight is 253 g/mol. The minimum atomic E-state index is -4.36. The molecule has 0 spiro atoms. The van der Waals surface area contributed by atoms with Crippen LogP contribution in [0, 0.1) is 0 Å². The Balaban J connectivity index is 2.25. The fraction of sp³-hybridized carbons (Fsp3) is 0.154. The zero-order valence-corrected chi connectivity index (χ0v) is 9.22. The molecule has 0 bridgehead atoms. The van der Waals surface area contributed by atoms with Crippen LogP contribution in [0.5, 0.6) is 0 Å². The lowest BCUT2D eigenvalue weighted by atomic mass is 10.0. The van der Waals surface area contributed by atoms with Crippen LogP contribution in [0.4, 0.5) is 13.2 Å². The molecule has 0 amide bonds. The van der Waals surface area contributed by atoms with Gasteiger partial charge in [-0.1, -0.05) is 18.2 Å². The molecule has 2 aromatic rings. The molecular formula is C13H10F3NO. The first-order valence-corrected chi connectivity index (χ1v) is 5.23. The number of hydrogen-bond acceptors (Lipinski definition) is 2. The molecule has 1 aromatic heterocycles. The second-order valence-electron chi connectivity index (χ2n) is 3.81. The molecule has 1 atom stereocenters. The Kier molecular flexibility index (Phi) is 3.34. The molecule has 94 valence electrons. The lowest BCUT2D eigenvalue weighted by molar-refractivity contribution is -0.137. The topological polar surface area (TPSA) is 33.1 Å². The van der Waals surface area contributed by atoms with E-state index in [2.05, 4.69) is 4.98 Å². The van der Waals surface area contributed by atoms with Gasteiger partial charge in [0.15, 0.2) is 0 Å². The summed E-state index contributed by atoms with van der Waals surface area (Å²) in [6.45, 7) is 0. The van der Waals surface area contributed by atoms with E-state index in [1.807, 2.05) is 0 Å². The maximum absolute atomic E-state index is 12.4. The van der Waals surface area contributed by atoms with Crippen molar-refractivity contribution in [2.45, 2.75) is 12.3 Å². The van der Waals surface area contributed by atoms with Crippen molar-refractivity contribution < 1.29 is 18.3 Å². The van der Waals surface area contributed by atoms with Crippen molar-refractivity contribution in [3.05, 3.63) is 65.5 Å². The predicted octanol–water partition coefficient (Wildman–Crippen LogP) is 3.18. The maximum Gasteiger partial charge on any atom is 0.416 e. The van der Waals surface area contributed by atoms with E-state index in [-0.39, 0.29) is 0 Å². The highest BCUT2D eigenvalue weighted by atomic mass is 19.4. The third-order valence-corrected chi connectivity index (χ3v) is 2.55. The number of hydrogen-bond donors (Lipinski definition) is 1. The number of aromatic nitrogens is 1. The van der Waals surface area contributed by atoms with Gasteiger partial charge in [-0.2, -0.15) is 13.2 Å². The van der Waals surface area contributed by atoms with E-state index in [1.54, 1.807) is 18.3 Å². The van der Waals surface area contributed by atoms with Crippen molar-refractivity contribution in [2.75, 3.05) is 0 Å². The highest BCUT2D eigenvalue weighted by Crippen LogP contribution is 2.30. The molecule has 0 radical (unpaired) electrons. The molecule has 5 heteroatoms. The minimum absolute atomic E-state index is 0.399. The van der Waals surface area contributed by atoms with E-state index in [0.717, 1.165) is 12.1 Å². The van der Waals surface area contributed by atoms with Gasteiger partial charge in [0.1, 0.15) is 6.10 Å². The zero-order valence-electron chi connectivity index (χ0n) is 9.22. The summed E-state index contributed by atoms with van der Waals surface area (Å²) in [7, 11) is 0. The second kappa shape index (κ2) is 4.78. The molecule has 0 saturated carbocycles. The van der Waals surface area contributed by atoms with Crippen LogP contribution in [0.3, 0.4) is 0 Å². The molecule has 1 heterocycles. The molecular weight excluding hydrogens is 243 g/mol. The molecule has 2 nitrogen and oxygen atoms in total. The minimum Gasteiger partial charge on any atom is -0.384 e. The van der Waals surface area contributed by atoms with Crippen LogP contribution < -0.4 is 0 Å². The highest BCUT2D eigenvalue weighted by molar-refractivity contribution is 5.31. The van der Waals surface area contributed by atoms with Gasteiger partial charge in [-0.3, -0.25) is 4.98 Å². The van der Waals surface area contributed by atoms with E-state index in [0.29, 0.717) is 11.1 Å². The Morgan fingerprint density at radius 2 is 1.67 bits per heavy atom. The fourth-order valence-corrected chi connectivity index (χ4v) is 1.58. The Morgan fingerprint density at radius 3 is 2.17 bits per heavy atom. The van der Waals surface area contributed by atoms with Crippen LogP contribution in [0.25, 0.3) is 0 Å². The largest absolute Gasteiger partial charge is 0.416 e. The Labute approximate surface area is 102 Å². The summed E-state index contributed by atoms with van der Waals surface area (Å²) in [6.07, 6.45) is -2.30. The normalized spacial score (nSPS) is 13.3. The van der Waals surface area contributed by atoms with Gasteiger partial charge in [-0.15, -0.1) is 0 Å². The van der Waals surface area contributed by atoms with E-state index in [9.17, 15) is 18.3 Å². The molecule has 0 aliphatic carbocycles. The van der Waals surface area contributed by atoms with Crippen LogP contribution in [0.15, 0.2) is 48.8 Å². The van der Waals surface area contributed by atoms with Crippen molar-refractivity contribution in [1.82, 2.24) is 4.98 Å². The predicted molar refractivity (Wildman–Crippen MR) is 59.7 cm³/mol. The number of aliphatic hydroxyl groups is 1. The molecule has 0 saturated heterocycles. The van der Waals surface area contributed by atoms with Gasteiger partial charge in [0.05, 0.1) is 5.56 Å². The fourth-order valence-electron chi connectivity index (χ4n) is 1.58.